The number of pyridine rings is 1. The molecule has 6 bridgehead atoms. The van der Waals surface area contributed by atoms with E-state index in [-0.39, 0.29) is 44.4 Å². The monoisotopic (exact) mass is 938 g/mol. The molecule has 5 amide bonds. The number of phenols is 1. The third-order valence-corrected chi connectivity index (χ3v) is 13.2. The van der Waals surface area contributed by atoms with Gasteiger partial charge in [0.25, 0.3) is 5.91 Å². The highest BCUT2D eigenvalue weighted by Crippen LogP contribution is 2.41. The smallest absolute Gasteiger partial charge is 0.408 e. The number of aromatic nitrogens is 2. The lowest BCUT2D eigenvalue weighted by atomic mass is 9.84. The highest BCUT2D eigenvalue weighted by Gasteiger charge is 2.42. The van der Waals surface area contributed by atoms with Gasteiger partial charge in [0.05, 0.1) is 32.1 Å². The molecular weight excluding hydrogens is 871 g/mol. The van der Waals surface area contributed by atoms with Gasteiger partial charge in [0.15, 0.2) is 0 Å². The second kappa shape index (κ2) is 21.1. The van der Waals surface area contributed by atoms with Crippen LogP contribution in [-0.2, 0) is 54.6 Å². The summed E-state index contributed by atoms with van der Waals surface area (Å²) in [7, 11) is 4.70. The van der Waals surface area contributed by atoms with Gasteiger partial charge < -0.3 is 44.7 Å². The van der Waals surface area contributed by atoms with Crippen molar-refractivity contribution in [2.75, 3.05) is 60.6 Å². The minimum absolute atomic E-state index is 0.0282. The first-order chi connectivity index (χ1) is 32.4. The molecule has 1 unspecified atom stereocenters. The van der Waals surface area contributed by atoms with Gasteiger partial charge in [0, 0.05) is 88.1 Å². The Labute approximate surface area is 397 Å². The number of likely N-dealkylation sites (N-methyl/N-ethyl adjacent to an activating group) is 2. The Bertz CT molecular complexity index is 2520. The lowest BCUT2D eigenvalue weighted by Gasteiger charge is -2.37. The number of fused-ring (bicyclic) bond motifs is 6. The number of benzene rings is 2. The maximum Gasteiger partial charge on any atom is 0.408 e. The number of cyclic esters (lactones) is 1. The number of amides is 5. The van der Waals surface area contributed by atoms with Crippen LogP contribution in [0, 0.1) is 11.3 Å². The van der Waals surface area contributed by atoms with E-state index >= 15 is 0 Å². The predicted octanol–water partition coefficient (Wildman–Crippen LogP) is 3.65. The van der Waals surface area contributed by atoms with Gasteiger partial charge in [-0.25, -0.2) is 10.2 Å². The minimum atomic E-state index is -1.18. The molecule has 0 spiro atoms. The van der Waals surface area contributed by atoms with Crippen LogP contribution in [0.15, 0.2) is 54.9 Å². The fraction of sp³-hybridized carbons (Fsp3) is 0.520. The fourth-order valence-electron chi connectivity index (χ4n) is 9.71. The molecule has 68 heavy (non-hydrogen) atoms. The van der Waals surface area contributed by atoms with Crippen LogP contribution in [0.25, 0.3) is 33.3 Å². The van der Waals surface area contributed by atoms with E-state index in [2.05, 4.69) is 58.5 Å². The summed E-state index contributed by atoms with van der Waals surface area (Å²) < 4.78 is 13.8. The molecular formula is C50H67N9O9. The molecule has 2 fully saturated rings. The average molecular weight is 938 g/mol. The average Bonchev–Trinajstić information content (AvgIpc) is 4.01. The summed E-state index contributed by atoms with van der Waals surface area (Å²) in [6.45, 7) is 11.7. The van der Waals surface area contributed by atoms with Crippen LogP contribution in [0.5, 0.6) is 5.75 Å². The zero-order valence-electron chi connectivity index (χ0n) is 40.5. The van der Waals surface area contributed by atoms with Gasteiger partial charge in [-0.15, -0.1) is 0 Å². The molecule has 5 atom stereocenters. The number of hydrogen-bond acceptors (Lipinski definition) is 12. The molecule has 0 radical (unpaired) electrons. The van der Waals surface area contributed by atoms with Crippen molar-refractivity contribution in [3.8, 4) is 28.1 Å². The van der Waals surface area contributed by atoms with E-state index in [0.29, 0.717) is 56.6 Å². The molecule has 4 aromatic rings. The predicted molar refractivity (Wildman–Crippen MR) is 256 cm³/mol. The van der Waals surface area contributed by atoms with Crippen LogP contribution in [0.2, 0.25) is 0 Å². The standard InChI is InChI=1S/C50H67N9O9/c1-9-58-40-13-12-32-23-36(40)37(45(58)38-25-51-15-14-33(38)28-67-8)24-50(4,5)29-68-49(66)53-42-11-10-16-59(54-42)47(64)39(21-31-19-34(32)22-35(61)20-31)52-46(63)44(30(2)3)56(7)43(62)27-55(6)48(65)41-26-57(41)17-18-60/h12-15,19-20,22-23,25,30,39,41-42,44,54,60-61H,9-11,16-18,21,24,26-29H2,1-8H3,(H,52,63)(H,53,66)/t39-,41-,42-,44-,57?/m0/s1. The molecule has 18 heteroatoms. The fourth-order valence-corrected chi connectivity index (χ4v) is 9.71. The largest absolute Gasteiger partial charge is 0.508 e. The number of methoxy groups -OCH3 is 1. The van der Waals surface area contributed by atoms with Crippen molar-refractivity contribution in [3.05, 3.63) is 71.5 Å². The molecule has 5 N–H and O–H groups in total. The molecule has 2 aromatic heterocycles. The maximum absolute atomic E-state index is 14.7. The highest BCUT2D eigenvalue weighted by atomic mass is 16.5. The van der Waals surface area contributed by atoms with Gasteiger partial charge in [0.2, 0.25) is 17.7 Å². The zero-order chi connectivity index (χ0) is 49.0. The number of rotatable bonds is 13. The third-order valence-electron chi connectivity index (χ3n) is 13.2. The van der Waals surface area contributed by atoms with Crippen molar-refractivity contribution >= 4 is 40.6 Å². The normalized spacial score (nSPS) is 21.0. The summed E-state index contributed by atoms with van der Waals surface area (Å²) in [5.74, 6) is -2.20. The van der Waals surface area contributed by atoms with Gasteiger partial charge in [-0.1, -0.05) is 39.8 Å². The van der Waals surface area contributed by atoms with Crippen molar-refractivity contribution in [1.82, 2.24) is 45.3 Å². The Morgan fingerprint density at radius 3 is 2.59 bits per heavy atom. The Hall–Kier alpha value is -6.08. The number of aliphatic hydroxyl groups excluding tert-OH is 1. The Balaban J connectivity index is 1.26. The first-order valence-corrected chi connectivity index (χ1v) is 23.5. The lowest BCUT2D eigenvalue weighted by molar-refractivity contribution is -0.146. The molecule has 3 aliphatic rings. The van der Waals surface area contributed by atoms with E-state index in [0.717, 1.165) is 38.9 Å². The molecule has 2 aromatic carbocycles. The van der Waals surface area contributed by atoms with Crippen molar-refractivity contribution in [2.24, 2.45) is 11.3 Å². The first-order valence-electron chi connectivity index (χ1n) is 23.5. The number of hydrogen-bond donors (Lipinski definition) is 5. The van der Waals surface area contributed by atoms with Crippen molar-refractivity contribution < 1.29 is 43.7 Å². The van der Waals surface area contributed by atoms with E-state index < -0.39 is 59.4 Å². The first kappa shape index (κ1) is 49.8. The highest BCUT2D eigenvalue weighted by molar-refractivity contribution is 5.96. The Kier molecular flexibility index (Phi) is 15.4. The molecule has 5 heterocycles. The number of nitrogens with zero attached hydrogens (tertiary/aromatic N) is 6. The zero-order valence-corrected chi connectivity index (χ0v) is 40.5. The number of alkyl carbamates (subject to hydrolysis) is 1. The number of ether oxygens (including phenoxy) is 2. The number of nitrogens with one attached hydrogen (secondary N) is 3. The van der Waals surface area contributed by atoms with Gasteiger partial charge in [-0.3, -0.25) is 34.1 Å². The van der Waals surface area contributed by atoms with Crippen LogP contribution < -0.4 is 16.1 Å². The van der Waals surface area contributed by atoms with Crippen molar-refractivity contribution in [1.29, 1.82) is 0 Å². The lowest BCUT2D eigenvalue weighted by Crippen LogP contribution is -2.63. The van der Waals surface area contributed by atoms with E-state index in [1.165, 1.54) is 28.9 Å². The summed E-state index contributed by atoms with van der Waals surface area (Å²) in [5.41, 5.74) is 9.58. The summed E-state index contributed by atoms with van der Waals surface area (Å²) in [6, 6.07) is 10.7. The number of β-amino-alcohol motifs (C(OH)–C–C–N with tert-alkyl or cyclic N) is 1. The maximum atomic E-state index is 14.7. The topological polar surface area (TPSA) is 211 Å². The summed E-state index contributed by atoms with van der Waals surface area (Å²) >= 11 is 0. The quantitative estimate of drug-likeness (QED) is 0.122. The van der Waals surface area contributed by atoms with Crippen LogP contribution in [-0.4, -0.2) is 154 Å². The second-order valence-electron chi connectivity index (χ2n) is 19.4. The molecule has 366 valence electrons. The van der Waals surface area contributed by atoms with Crippen molar-refractivity contribution in [3.63, 3.8) is 0 Å². The van der Waals surface area contributed by atoms with Gasteiger partial charge in [-0.2, -0.15) is 0 Å². The summed E-state index contributed by atoms with van der Waals surface area (Å²) in [6.07, 6.45) is 3.84. The number of aryl methyl sites for hydroxylation is 1. The van der Waals surface area contributed by atoms with E-state index in [1.807, 2.05) is 29.3 Å². The Morgan fingerprint density at radius 2 is 1.87 bits per heavy atom. The van der Waals surface area contributed by atoms with Gasteiger partial charge in [-0.05, 0) is 90.3 Å². The van der Waals surface area contributed by atoms with E-state index in [4.69, 9.17) is 9.47 Å². The molecule has 2 saturated heterocycles. The molecule has 3 aliphatic heterocycles. The number of phenolic OH excluding ortho intramolecular Hbond substituents is 1. The van der Waals surface area contributed by atoms with Crippen LogP contribution in [0.1, 0.15) is 64.2 Å². The Morgan fingerprint density at radius 1 is 1.09 bits per heavy atom. The van der Waals surface area contributed by atoms with Crippen LogP contribution in [0.4, 0.5) is 4.79 Å². The molecule has 7 rings (SSSR count). The number of hydrazine groups is 1. The SMILES string of the molecule is CCn1c(-c2cnccc2COC)c2c3cc(ccc31)-c1cc(O)cc(c1)C[C@H](NC(=O)[C@H](C(C)C)N(C)C(=O)CN(C)C(=O)[C@@H]1CN1CCO)C(=O)N1CCC[C@@H](NC(=O)OCC(C)(C)C2)N1. The molecule has 0 saturated carbocycles. The molecule has 18 nitrogen and oxygen atoms in total. The third kappa shape index (κ3) is 11.1. The minimum Gasteiger partial charge on any atom is -0.508 e. The summed E-state index contributed by atoms with van der Waals surface area (Å²) in [5, 5.41) is 28.8. The van der Waals surface area contributed by atoms with E-state index in [9.17, 15) is 34.2 Å². The van der Waals surface area contributed by atoms with Crippen LogP contribution in [0.3, 0.4) is 0 Å². The summed E-state index contributed by atoms with van der Waals surface area (Å²) in [4.78, 5) is 78.5. The van der Waals surface area contributed by atoms with Gasteiger partial charge >= 0.3 is 6.09 Å². The number of carbonyl (C=O) groups is 5. The van der Waals surface area contributed by atoms with Crippen molar-refractivity contribution in [2.45, 2.75) is 97.7 Å². The number of carbonyl (C=O) groups excluding carboxylic acids is 5. The van der Waals surface area contributed by atoms with Crippen LogP contribution >= 0.6 is 0 Å². The van der Waals surface area contributed by atoms with E-state index in [1.54, 1.807) is 39.3 Å². The second-order valence-corrected chi connectivity index (χ2v) is 19.4. The number of aliphatic hydroxyl groups is 1. The number of aromatic hydroxyl groups is 1. The van der Waals surface area contributed by atoms with Gasteiger partial charge in [0.1, 0.15) is 30.0 Å². The molecule has 0 aliphatic carbocycles.